The van der Waals surface area contributed by atoms with Gasteiger partial charge in [-0.1, -0.05) is 19.1 Å². The molecule has 0 atom stereocenters. The lowest BCUT2D eigenvalue weighted by atomic mass is 10.1. The Balaban J connectivity index is 2.21. The van der Waals surface area contributed by atoms with Crippen LogP contribution in [-0.2, 0) is 6.42 Å². The van der Waals surface area contributed by atoms with E-state index in [0.717, 1.165) is 31.9 Å². The second-order valence-corrected chi connectivity index (χ2v) is 3.93. The maximum absolute atomic E-state index is 5.41. The molecule has 0 fully saturated rings. The van der Waals surface area contributed by atoms with Crippen molar-refractivity contribution in [2.45, 2.75) is 33.1 Å². The average molecular weight is 221 g/mol. The first-order chi connectivity index (χ1) is 7.86. The van der Waals surface area contributed by atoms with Gasteiger partial charge in [0.25, 0.3) is 0 Å². The van der Waals surface area contributed by atoms with Crippen molar-refractivity contribution in [2.75, 3.05) is 19.7 Å². The number of ether oxygens (including phenoxy) is 1. The van der Waals surface area contributed by atoms with Crippen molar-refractivity contribution >= 4 is 0 Å². The van der Waals surface area contributed by atoms with E-state index < -0.39 is 0 Å². The van der Waals surface area contributed by atoms with Gasteiger partial charge in [-0.05, 0) is 57.0 Å². The van der Waals surface area contributed by atoms with Crippen molar-refractivity contribution in [2.24, 2.45) is 0 Å². The monoisotopic (exact) mass is 221 g/mol. The molecule has 1 aromatic carbocycles. The van der Waals surface area contributed by atoms with Crippen LogP contribution in [0.4, 0.5) is 0 Å². The van der Waals surface area contributed by atoms with Crippen LogP contribution in [0.1, 0.15) is 32.3 Å². The van der Waals surface area contributed by atoms with Crippen LogP contribution in [0.3, 0.4) is 0 Å². The summed E-state index contributed by atoms with van der Waals surface area (Å²) in [4.78, 5) is 0. The van der Waals surface area contributed by atoms with Crippen molar-refractivity contribution in [3.63, 3.8) is 0 Å². The third kappa shape index (κ3) is 5.17. The molecule has 16 heavy (non-hydrogen) atoms. The molecule has 0 aliphatic heterocycles. The molecular weight excluding hydrogens is 198 g/mol. The summed E-state index contributed by atoms with van der Waals surface area (Å²) in [5, 5.41) is 3.41. The molecule has 1 aromatic rings. The minimum Gasteiger partial charge on any atom is -0.494 e. The summed E-state index contributed by atoms with van der Waals surface area (Å²) >= 11 is 0. The lowest BCUT2D eigenvalue weighted by molar-refractivity contribution is 0.340. The first-order valence-electron chi connectivity index (χ1n) is 6.29. The largest absolute Gasteiger partial charge is 0.494 e. The molecule has 0 aliphatic carbocycles. The minimum absolute atomic E-state index is 0.736. The van der Waals surface area contributed by atoms with Crippen LogP contribution in [0.2, 0.25) is 0 Å². The highest BCUT2D eigenvalue weighted by atomic mass is 16.5. The van der Waals surface area contributed by atoms with E-state index in [1.165, 1.54) is 18.4 Å². The maximum atomic E-state index is 5.41. The Hall–Kier alpha value is -1.02. The Kier molecular flexibility index (Phi) is 6.66. The number of nitrogens with one attached hydrogen (secondary N) is 1. The first-order valence-corrected chi connectivity index (χ1v) is 6.29. The highest BCUT2D eigenvalue weighted by Crippen LogP contribution is 2.12. The summed E-state index contributed by atoms with van der Waals surface area (Å²) < 4.78 is 5.41. The normalized spacial score (nSPS) is 10.4. The third-order valence-corrected chi connectivity index (χ3v) is 2.48. The van der Waals surface area contributed by atoms with Gasteiger partial charge in [-0.15, -0.1) is 0 Å². The van der Waals surface area contributed by atoms with E-state index in [1.807, 2.05) is 6.92 Å². The van der Waals surface area contributed by atoms with Gasteiger partial charge in [0, 0.05) is 0 Å². The van der Waals surface area contributed by atoms with Gasteiger partial charge in [-0.25, -0.2) is 0 Å². The highest BCUT2D eigenvalue weighted by molar-refractivity contribution is 5.27. The van der Waals surface area contributed by atoms with E-state index in [9.17, 15) is 0 Å². The van der Waals surface area contributed by atoms with Crippen molar-refractivity contribution in [1.29, 1.82) is 0 Å². The third-order valence-electron chi connectivity index (χ3n) is 2.48. The lowest BCUT2D eigenvalue weighted by Crippen LogP contribution is -2.16. The summed E-state index contributed by atoms with van der Waals surface area (Å²) in [5.74, 6) is 0.968. The maximum Gasteiger partial charge on any atom is 0.119 e. The van der Waals surface area contributed by atoms with Crippen LogP contribution < -0.4 is 10.1 Å². The van der Waals surface area contributed by atoms with E-state index in [0.29, 0.717) is 0 Å². The SMILES string of the molecule is CCCNCCCc1ccc(OCC)cc1. The molecular formula is C14H23NO. The first kappa shape index (κ1) is 13.0. The minimum atomic E-state index is 0.736. The molecule has 0 saturated heterocycles. The van der Waals surface area contributed by atoms with Crippen LogP contribution in [0.25, 0.3) is 0 Å². The predicted octanol–water partition coefficient (Wildman–Crippen LogP) is 3.02. The van der Waals surface area contributed by atoms with Gasteiger partial charge in [0.05, 0.1) is 6.61 Å². The van der Waals surface area contributed by atoms with Gasteiger partial charge in [-0.3, -0.25) is 0 Å². The topological polar surface area (TPSA) is 21.3 Å². The molecule has 0 unspecified atom stereocenters. The van der Waals surface area contributed by atoms with Crippen LogP contribution in [0, 0.1) is 0 Å². The zero-order valence-electron chi connectivity index (χ0n) is 10.5. The van der Waals surface area contributed by atoms with E-state index >= 15 is 0 Å². The summed E-state index contributed by atoms with van der Waals surface area (Å²) in [6.45, 7) is 7.18. The number of hydrogen-bond acceptors (Lipinski definition) is 2. The fourth-order valence-corrected chi connectivity index (χ4v) is 1.64. The molecule has 2 heteroatoms. The number of aryl methyl sites for hydroxylation is 1. The molecule has 0 aromatic heterocycles. The molecule has 0 bridgehead atoms. The molecule has 90 valence electrons. The molecule has 0 spiro atoms. The highest BCUT2D eigenvalue weighted by Gasteiger charge is 1.95. The Morgan fingerprint density at radius 2 is 1.81 bits per heavy atom. The molecule has 2 nitrogen and oxygen atoms in total. The smallest absolute Gasteiger partial charge is 0.119 e. The molecule has 0 amide bonds. The van der Waals surface area contributed by atoms with Crippen molar-refractivity contribution in [3.8, 4) is 5.75 Å². The van der Waals surface area contributed by atoms with E-state index in [1.54, 1.807) is 0 Å². The van der Waals surface area contributed by atoms with E-state index in [4.69, 9.17) is 4.74 Å². The predicted molar refractivity (Wildman–Crippen MR) is 69.1 cm³/mol. The summed E-state index contributed by atoms with van der Waals surface area (Å²) in [7, 11) is 0. The van der Waals surface area contributed by atoms with Crippen molar-refractivity contribution < 1.29 is 4.74 Å². The Morgan fingerprint density at radius 1 is 1.06 bits per heavy atom. The zero-order valence-corrected chi connectivity index (χ0v) is 10.5. The Labute approximate surface area is 99.0 Å². The fraction of sp³-hybridized carbons (Fsp3) is 0.571. The second-order valence-electron chi connectivity index (χ2n) is 3.93. The quantitative estimate of drug-likeness (QED) is 0.681. The van der Waals surface area contributed by atoms with Crippen LogP contribution in [0.15, 0.2) is 24.3 Å². The van der Waals surface area contributed by atoms with Gasteiger partial charge in [-0.2, -0.15) is 0 Å². The van der Waals surface area contributed by atoms with Crippen molar-refractivity contribution in [1.82, 2.24) is 5.32 Å². The number of benzene rings is 1. The van der Waals surface area contributed by atoms with Gasteiger partial charge >= 0.3 is 0 Å². The molecule has 0 saturated carbocycles. The lowest BCUT2D eigenvalue weighted by Gasteiger charge is -2.05. The average Bonchev–Trinajstić information content (AvgIpc) is 2.31. The van der Waals surface area contributed by atoms with Gasteiger partial charge in [0.1, 0.15) is 5.75 Å². The molecule has 1 rings (SSSR count). The Bertz CT molecular complexity index is 269. The van der Waals surface area contributed by atoms with Gasteiger partial charge in [0.2, 0.25) is 0 Å². The zero-order chi connectivity index (χ0) is 11.6. The molecule has 1 N–H and O–H groups in total. The van der Waals surface area contributed by atoms with E-state index in [-0.39, 0.29) is 0 Å². The van der Waals surface area contributed by atoms with Crippen LogP contribution in [0.5, 0.6) is 5.75 Å². The number of hydrogen-bond donors (Lipinski definition) is 1. The standard InChI is InChI=1S/C14H23NO/c1-3-11-15-12-5-6-13-7-9-14(10-8-13)16-4-2/h7-10,15H,3-6,11-12H2,1-2H3. The van der Waals surface area contributed by atoms with Gasteiger partial charge in [0.15, 0.2) is 0 Å². The fourth-order valence-electron chi connectivity index (χ4n) is 1.64. The second kappa shape index (κ2) is 8.17. The summed E-state index contributed by atoms with van der Waals surface area (Å²) in [6, 6.07) is 8.42. The molecule has 0 heterocycles. The summed E-state index contributed by atoms with van der Waals surface area (Å²) in [5.41, 5.74) is 1.39. The van der Waals surface area contributed by atoms with Crippen LogP contribution >= 0.6 is 0 Å². The summed E-state index contributed by atoms with van der Waals surface area (Å²) in [6.07, 6.45) is 3.56. The Morgan fingerprint density at radius 3 is 2.44 bits per heavy atom. The molecule has 0 radical (unpaired) electrons. The van der Waals surface area contributed by atoms with E-state index in [2.05, 4.69) is 36.5 Å². The van der Waals surface area contributed by atoms with Crippen LogP contribution in [-0.4, -0.2) is 19.7 Å². The molecule has 0 aliphatic rings. The van der Waals surface area contributed by atoms with Gasteiger partial charge < -0.3 is 10.1 Å². The number of rotatable bonds is 8. The van der Waals surface area contributed by atoms with Crippen molar-refractivity contribution in [3.05, 3.63) is 29.8 Å².